The molecule has 142 valence electrons. The third-order valence-corrected chi connectivity index (χ3v) is 6.00. The Morgan fingerprint density at radius 2 is 2.07 bits per heavy atom. The van der Waals surface area contributed by atoms with Gasteiger partial charge in [0.05, 0.1) is 31.0 Å². The first-order valence-electron chi connectivity index (χ1n) is 9.76. The number of nitrogens with zero attached hydrogens (tertiary/aromatic N) is 3. The van der Waals surface area contributed by atoms with Gasteiger partial charge in [-0.2, -0.15) is 5.10 Å². The number of hydrogen-bond acceptors (Lipinski definition) is 5. The molecule has 2 fully saturated rings. The summed E-state index contributed by atoms with van der Waals surface area (Å²) >= 11 is 0. The lowest BCUT2D eigenvalue weighted by atomic mass is 9.99. The average molecular weight is 367 g/mol. The van der Waals surface area contributed by atoms with Crippen LogP contribution in [0.3, 0.4) is 0 Å². The van der Waals surface area contributed by atoms with Gasteiger partial charge in [-0.1, -0.05) is 30.3 Å². The molecule has 27 heavy (non-hydrogen) atoms. The molecule has 1 amide bonds. The molecule has 0 spiro atoms. The Bertz CT molecular complexity index is 821. The topological polar surface area (TPSA) is 73.5 Å². The molecule has 5 rings (SSSR count). The van der Waals surface area contributed by atoms with Crippen molar-refractivity contribution in [1.82, 2.24) is 25.3 Å². The van der Waals surface area contributed by atoms with E-state index in [2.05, 4.69) is 44.7 Å². The quantitative estimate of drug-likeness (QED) is 0.827. The van der Waals surface area contributed by atoms with Gasteiger partial charge in [-0.3, -0.25) is 14.8 Å². The molecule has 3 aliphatic heterocycles. The fraction of sp³-hybridized carbons (Fsp3) is 0.500. The number of morpholine rings is 1. The van der Waals surface area contributed by atoms with E-state index in [4.69, 9.17) is 4.74 Å². The van der Waals surface area contributed by atoms with E-state index in [9.17, 15) is 4.79 Å². The van der Waals surface area contributed by atoms with Gasteiger partial charge in [0, 0.05) is 31.7 Å². The number of nitrogens with one attached hydrogen (secondary N) is 2. The van der Waals surface area contributed by atoms with Crippen molar-refractivity contribution in [2.45, 2.75) is 25.0 Å². The number of carbonyl (C=O) groups is 1. The first-order chi connectivity index (χ1) is 13.3. The van der Waals surface area contributed by atoms with Crippen molar-refractivity contribution in [3.05, 3.63) is 52.8 Å². The van der Waals surface area contributed by atoms with Crippen LogP contribution in [0.4, 0.5) is 0 Å². The molecule has 4 heterocycles. The molecule has 7 nitrogen and oxygen atoms in total. The number of aromatic amines is 1. The zero-order valence-corrected chi connectivity index (χ0v) is 15.4. The van der Waals surface area contributed by atoms with Crippen molar-refractivity contribution in [3.63, 3.8) is 0 Å². The Hall–Kier alpha value is -2.22. The summed E-state index contributed by atoms with van der Waals surface area (Å²) in [5, 5.41) is 10.7. The van der Waals surface area contributed by atoms with Gasteiger partial charge in [0.1, 0.15) is 0 Å². The van der Waals surface area contributed by atoms with E-state index < -0.39 is 0 Å². The minimum absolute atomic E-state index is 0.0517. The second-order valence-electron chi connectivity index (χ2n) is 7.56. The predicted octanol–water partition coefficient (Wildman–Crippen LogP) is 0.953. The number of H-pyrrole nitrogens is 1. The predicted molar refractivity (Wildman–Crippen MR) is 100 cm³/mol. The van der Waals surface area contributed by atoms with Gasteiger partial charge in [-0.05, 0) is 18.5 Å². The minimum Gasteiger partial charge on any atom is -0.378 e. The van der Waals surface area contributed by atoms with Gasteiger partial charge in [0.25, 0.3) is 5.91 Å². The highest BCUT2D eigenvalue weighted by molar-refractivity contribution is 5.94. The third kappa shape index (κ3) is 3.05. The number of ether oxygens (including phenoxy) is 1. The minimum atomic E-state index is 0.0517. The van der Waals surface area contributed by atoms with Crippen LogP contribution < -0.4 is 5.32 Å². The highest BCUT2D eigenvalue weighted by Crippen LogP contribution is 2.30. The molecule has 2 atom stereocenters. The maximum Gasteiger partial charge on any atom is 0.274 e. The van der Waals surface area contributed by atoms with Gasteiger partial charge in [-0.25, -0.2) is 0 Å². The smallest absolute Gasteiger partial charge is 0.274 e. The SMILES string of the molecule is O=C(c1n[nH]c2c1CCNC2)N1CCN2[C@@H](COC[C@@H]2c2ccccc2)C1. The van der Waals surface area contributed by atoms with Crippen LogP contribution in [0, 0.1) is 0 Å². The summed E-state index contributed by atoms with van der Waals surface area (Å²) < 4.78 is 5.91. The highest BCUT2D eigenvalue weighted by Gasteiger charge is 2.38. The Balaban J connectivity index is 1.32. The van der Waals surface area contributed by atoms with E-state index >= 15 is 0 Å². The van der Waals surface area contributed by atoms with Gasteiger partial charge >= 0.3 is 0 Å². The maximum atomic E-state index is 13.1. The van der Waals surface area contributed by atoms with Crippen LogP contribution in [0.2, 0.25) is 0 Å². The molecule has 2 saturated heterocycles. The second kappa shape index (κ2) is 7.07. The average Bonchev–Trinajstić information content (AvgIpc) is 3.17. The first kappa shape index (κ1) is 16.9. The monoisotopic (exact) mass is 367 g/mol. The van der Waals surface area contributed by atoms with Crippen molar-refractivity contribution in [3.8, 4) is 0 Å². The van der Waals surface area contributed by atoms with Crippen LogP contribution in [0.15, 0.2) is 30.3 Å². The van der Waals surface area contributed by atoms with Crippen LogP contribution in [-0.2, 0) is 17.7 Å². The van der Waals surface area contributed by atoms with E-state index in [-0.39, 0.29) is 18.0 Å². The molecule has 1 aromatic carbocycles. The Morgan fingerprint density at radius 1 is 1.19 bits per heavy atom. The Kier molecular flexibility index (Phi) is 4.43. The van der Waals surface area contributed by atoms with E-state index in [1.54, 1.807) is 0 Å². The van der Waals surface area contributed by atoms with Crippen LogP contribution in [0.1, 0.15) is 33.4 Å². The molecule has 2 aromatic rings. The third-order valence-electron chi connectivity index (χ3n) is 6.00. The lowest BCUT2D eigenvalue weighted by molar-refractivity contribution is -0.0771. The van der Waals surface area contributed by atoms with Crippen molar-refractivity contribution in [2.75, 3.05) is 39.4 Å². The molecule has 0 saturated carbocycles. The molecule has 0 radical (unpaired) electrons. The van der Waals surface area contributed by atoms with Crippen LogP contribution in [0.25, 0.3) is 0 Å². The van der Waals surface area contributed by atoms with Crippen molar-refractivity contribution < 1.29 is 9.53 Å². The number of fused-ring (bicyclic) bond motifs is 2. The first-order valence-corrected chi connectivity index (χ1v) is 9.76. The van der Waals surface area contributed by atoms with E-state index in [0.29, 0.717) is 25.5 Å². The van der Waals surface area contributed by atoms with Crippen molar-refractivity contribution >= 4 is 5.91 Å². The van der Waals surface area contributed by atoms with Gasteiger partial charge in [0.2, 0.25) is 0 Å². The summed E-state index contributed by atoms with van der Waals surface area (Å²) in [6.07, 6.45) is 0.857. The van der Waals surface area contributed by atoms with Gasteiger partial charge in [-0.15, -0.1) is 0 Å². The summed E-state index contributed by atoms with van der Waals surface area (Å²) in [6.45, 7) is 5.35. The standard InChI is InChI=1S/C20H25N5O2/c26-20(19-16-6-7-21-10-17(16)22-23-19)24-8-9-25-15(11-24)12-27-13-18(25)14-4-2-1-3-5-14/h1-5,15,18,21H,6-13H2,(H,22,23)/t15-,18-/m1/s1. The fourth-order valence-corrected chi connectivity index (χ4v) is 4.56. The number of rotatable bonds is 2. The fourth-order valence-electron chi connectivity index (χ4n) is 4.56. The molecule has 0 bridgehead atoms. The number of carbonyl (C=O) groups excluding carboxylic acids is 1. The molecule has 3 aliphatic rings. The number of benzene rings is 1. The lowest BCUT2D eigenvalue weighted by Gasteiger charge is -2.48. The van der Waals surface area contributed by atoms with Gasteiger partial charge in [0.15, 0.2) is 5.69 Å². The second-order valence-corrected chi connectivity index (χ2v) is 7.56. The Morgan fingerprint density at radius 3 is 2.96 bits per heavy atom. The molecule has 0 unspecified atom stereocenters. The summed E-state index contributed by atoms with van der Waals surface area (Å²) in [7, 11) is 0. The lowest BCUT2D eigenvalue weighted by Crippen LogP contribution is -2.60. The molecule has 2 N–H and O–H groups in total. The Labute approximate surface area is 158 Å². The largest absolute Gasteiger partial charge is 0.378 e. The zero-order valence-electron chi connectivity index (χ0n) is 15.4. The molecule has 1 aromatic heterocycles. The summed E-state index contributed by atoms with van der Waals surface area (Å²) in [4.78, 5) is 17.6. The van der Waals surface area contributed by atoms with Crippen LogP contribution >= 0.6 is 0 Å². The molecular weight excluding hydrogens is 342 g/mol. The van der Waals surface area contributed by atoms with Crippen LogP contribution in [-0.4, -0.2) is 71.3 Å². The summed E-state index contributed by atoms with van der Waals surface area (Å²) in [5.41, 5.74) is 4.03. The van der Waals surface area contributed by atoms with E-state index in [0.717, 1.165) is 43.9 Å². The van der Waals surface area contributed by atoms with Crippen molar-refractivity contribution in [2.24, 2.45) is 0 Å². The normalized spacial score (nSPS) is 25.7. The van der Waals surface area contributed by atoms with Gasteiger partial charge < -0.3 is 15.0 Å². The zero-order chi connectivity index (χ0) is 18.2. The number of hydrogen-bond donors (Lipinski definition) is 2. The molecule has 0 aliphatic carbocycles. The van der Waals surface area contributed by atoms with E-state index in [1.807, 2.05) is 11.0 Å². The molecule has 7 heteroatoms. The highest BCUT2D eigenvalue weighted by atomic mass is 16.5. The number of piperazine rings is 1. The summed E-state index contributed by atoms with van der Waals surface area (Å²) in [5.74, 6) is 0.0517. The summed E-state index contributed by atoms with van der Waals surface area (Å²) in [6, 6.07) is 11.0. The number of aromatic nitrogens is 2. The van der Waals surface area contributed by atoms with E-state index in [1.165, 1.54) is 5.56 Å². The maximum absolute atomic E-state index is 13.1. The van der Waals surface area contributed by atoms with Crippen molar-refractivity contribution in [1.29, 1.82) is 0 Å². The van der Waals surface area contributed by atoms with Crippen LogP contribution in [0.5, 0.6) is 0 Å². The molecular formula is C20H25N5O2. The number of amides is 1.